The summed E-state index contributed by atoms with van der Waals surface area (Å²) in [6.07, 6.45) is 5.12. The quantitative estimate of drug-likeness (QED) is 0.140. The van der Waals surface area contributed by atoms with E-state index in [4.69, 9.17) is 26.1 Å². The molecule has 2 aliphatic rings. The number of H-pyrrole nitrogens is 1. The molecular formula is C39H39ClFN7O3. The lowest BCUT2D eigenvalue weighted by atomic mass is 10.0. The zero-order valence-corrected chi connectivity index (χ0v) is 29.3. The highest BCUT2D eigenvalue weighted by Gasteiger charge is 2.24. The number of imidazole rings is 1. The van der Waals surface area contributed by atoms with E-state index in [1.165, 1.54) is 11.5 Å². The highest BCUT2D eigenvalue weighted by Crippen LogP contribution is 2.27. The van der Waals surface area contributed by atoms with Crippen LogP contribution in [0.1, 0.15) is 46.0 Å². The Morgan fingerprint density at radius 3 is 2.71 bits per heavy atom. The monoisotopic (exact) mass is 707 g/mol. The van der Waals surface area contributed by atoms with Crippen molar-refractivity contribution in [2.45, 2.75) is 45.6 Å². The summed E-state index contributed by atoms with van der Waals surface area (Å²) < 4.78 is 27.8. The van der Waals surface area contributed by atoms with E-state index in [1.54, 1.807) is 18.2 Å². The van der Waals surface area contributed by atoms with Gasteiger partial charge in [0, 0.05) is 65.7 Å². The van der Waals surface area contributed by atoms with Crippen LogP contribution in [0.3, 0.4) is 0 Å². The van der Waals surface area contributed by atoms with E-state index in [1.807, 2.05) is 56.4 Å². The Bertz CT molecular complexity index is 2210. The van der Waals surface area contributed by atoms with Crippen molar-refractivity contribution in [3.8, 4) is 5.88 Å². The Kier molecular flexibility index (Phi) is 10.4. The maximum Gasteiger partial charge on any atom is 0.214 e. The largest absolute Gasteiger partial charge is 0.473 e. The van der Waals surface area contributed by atoms with E-state index >= 15 is 0 Å². The van der Waals surface area contributed by atoms with Gasteiger partial charge in [-0.05, 0) is 79.9 Å². The van der Waals surface area contributed by atoms with Gasteiger partial charge in [0.05, 0.1) is 41.4 Å². The second-order valence-corrected chi connectivity index (χ2v) is 13.2. The summed E-state index contributed by atoms with van der Waals surface area (Å²) in [6, 6.07) is 21.9. The molecule has 0 spiro atoms. The predicted octanol–water partition coefficient (Wildman–Crippen LogP) is 7.61. The number of pyridine rings is 1. The number of nitrogens with zero attached hydrogens (tertiary/aromatic N) is 5. The third-order valence-electron chi connectivity index (χ3n) is 9.30. The predicted molar refractivity (Wildman–Crippen MR) is 198 cm³/mol. The number of ether oxygens (including phenoxy) is 2. The Balaban J connectivity index is 0.000000285. The van der Waals surface area contributed by atoms with Crippen molar-refractivity contribution < 1.29 is 18.7 Å². The number of carbonyl (C=O) groups excluding carboxylic acids is 1. The summed E-state index contributed by atoms with van der Waals surface area (Å²) in [5, 5.41) is 11.7. The first-order valence-electron chi connectivity index (χ1n) is 17.0. The van der Waals surface area contributed by atoms with Crippen molar-refractivity contribution >= 4 is 51.1 Å². The zero-order chi connectivity index (χ0) is 35.3. The average Bonchev–Trinajstić information content (AvgIpc) is 3.68. The van der Waals surface area contributed by atoms with E-state index in [2.05, 4.69) is 42.1 Å². The molecule has 3 aromatic carbocycles. The van der Waals surface area contributed by atoms with Gasteiger partial charge in [-0.3, -0.25) is 14.8 Å². The Morgan fingerprint density at radius 1 is 1.10 bits per heavy atom. The molecule has 1 saturated heterocycles. The number of fused-ring (bicyclic) bond motifs is 2. The van der Waals surface area contributed by atoms with Crippen LogP contribution in [0.15, 0.2) is 78.9 Å². The van der Waals surface area contributed by atoms with E-state index in [0.717, 1.165) is 90.4 Å². The first kappa shape index (κ1) is 34.4. The summed E-state index contributed by atoms with van der Waals surface area (Å²) in [7, 11) is 1.91. The highest BCUT2D eigenvalue weighted by molar-refractivity contribution is 6.30. The first-order valence-corrected chi connectivity index (χ1v) is 17.4. The van der Waals surface area contributed by atoms with E-state index < -0.39 is 5.82 Å². The molecule has 1 fully saturated rings. The van der Waals surface area contributed by atoms with Crippen LogP contribution in [0.4, 0.5) is 10.1 Å². The van der Waals surface area contributed by atoms with Crippen LogP contribution in [0, 0.1) is 12.7 Å². The number of aldehydes is 1. The molecular weight excluding hydrogens is 669 g/mol. The lowest BCUT2D eigenvalue weighted by Gasteiger charge is -2.29. The molecule has 12 heteroatoms. The topological polar surface area (TPSA) is 110 Å². The Hall–Kier alpha value is -5.10. The molecule has 1 atom stereocenters. The number of benzene rings is 3. The van der Waals surface area contributed by atoms with Gasteiger partial charge in [0.1, 0.15) is 24.5 Å². The highest BCUT2D eigenvalue weighted by atomic mass is 35.5. The molecule has 0 saturated carbocycles. The van der Waals surface area contributed by atoms with Crippen LogP contribution < -0.4 is 10.1 Å². The molecule has 0 bridgehead atoms. The van der Waals surface area contributed by atoms with Gasteiger partial charge >= 0.3 is 0 Å². The summed E-state index contributed by atoms with van der Waals surface area (Å²) in [5.41, 5.74) is 8.20. The summed E-state index contributed by atoms with van der Waals surface area (Å²) in [4.78, 5) is 23.3. The number of aryl methyl sites for hydroxylation is 1. The molecule has 0 amide bonds. The fraction of sp³-hybridized carbons (Fsp3) is 0.282. The number of halogens is 2. The van der Waals surface area contributed by atoms with Crippen LogP contribution >= 0.6 is 11.6 Å². The number of aromatic amines is 1. The number of hydrogen-bond acceptors (Lipinski definition) is 8. The Morgan fingerprint density at radius 2 is 1.96 bits per heavy atom. The molecule has 5 heterocycles. The molecule has 262 valence electrons. The second kappa shape index (κ2) is 15.4. The summed E-state index contributed by atoms with van der Waals surface area (Å²) in [6.45, 7) is 5.95. The fourth-order valence-electron chi connectivity index (χ4n) is 6.27. The molecule has 8 rings (SSSR count). The number of nitrogens with one attached hydrogen (secondary N) is 2. The van der Waals surface area contributed by atoms with E-state index in [9.17, 15) is 9.18 Å². The molecule has 0 aliphatic carbocycles. The number of aromatic nitrogens is 5. The van der Waals surface area contributed by atoms with Crippen molar-refractivity contribution in [1.82, 2.24) is 29.6 Å². The fourth-order valence-corrected chi connectivity index (χ4v) is 6.42. The lowest BCUT2D eigenvalue weighted by molar-refractivity contribution is -0.0591. The average molecular weight is 708 g/mol. The normalized spacial score (nSPS) is 15.9. The first-order chi connectivity index (χ1) is 24.9. The third kappa shape index (κ3) is 7.96. The van der Waals surface area contributed by atoms with Crippen molar-refractivity contribution in [2.75, 3.05) is 32.1 Å². The molecule has 10 nitrogen and oxygen atoms in total. The summed E-state index contributed by atoms with van der Waals surface area (Å²) in [5.74, 6) is 1.03. The van der Waals surface area contributed by atoms with Crippen molar-refractivity contribution in [3.63, 3.8) is 0 Å². The number of carbonyl (C=O) groups is 1. The number of hydrogen-bond donors (Lipinski definition) is 2. The van der Waals surface area contributed by atoms with Gasteiger partial charge in [-0.25, -0.2) is 14.4 Å². The van der Waals surface area contributed by atoms with Crippen LogP contribution in [-0.4, -0.2) is 68.8 Å². The molecule has 2 N–H and O–H groups in total. The molecule has 3 aromatic heterocycles. The Labute approximate surface area is 300 Å². The number of anilines is 1. The molecule has 1 unspecified atom stereocenters. The van der Waals surface area contributed by atoms with E-state index in [0.29, 0.717) is 28.6 Å². The minimum Gasteiger partial charge on any atom is -0.473 e. The van der Waals surface area contributed by atoms with Crippen LogP contribution in [0.2, 0.25) is 5.02 Å². The molecule has 0 radical (unpaired) electrons. The van der Waals surface area contributed by atoms with Gasteiger partial charge in [-0.15, -0.1) is 0 Å². The van der Waals surface area contributed by atoms with Gasteiger partial charge in [-0.1, -0.05) is 29.8 Å². The third-order valence-corrected chi connectivity index (χ3v) is 9.54. The SMILES string of the molecule is CNc1ccc2n[nH]c(C)c2c1.O=Cc1ccc2nc(CN3CC=C(c4cccc(OCc5ccc(Cl)cc5F)n4)CC3)n(CC3CCO3)c2c1. The summed E-state index contributed by atoms with van der Waals surface area (Å²) >= 11 is 5.84. The van der Waals surface area contributed by atoms with Crippen molar-refractivity contribution in [1.29, 1.82) is 0 Å². The van der Waals surface area contributed by atoms with Crippen LogP contribution in [0.25, 0.3) is 27.5 Å². The van der Waals surface area contributed by atoms with Gasteiger partial charge in [0.15, 0.2) is 0 Å². The van der Waals surface area contributed by atoms with Crippen LogP contribution in [0.5, 0.6) is 5.88 Å². The second-order valence-electron chi connectivity index (χ2n) is 12.7. The molecule has 51 heavy (non-hydrogen) atoms. The molecule has 2 aliphatic heterocycles. The minimum atomic E-state index is -0.397. The minimum absolute atomic E-state index is 0.0769. The van der Waals surface area contributed by atoms with Crippen molar-refractivity contribution in [3.05, 3.63) is 118 Å². The van der Waals surface area contributed by atoms with Crippen molar-refractivity contribution in [2.24, 2.45) is 0 Å². The maximum atomic E-state index is 14.1. The zero-order valence-electron chi connectivity index (χ0n) is 28.5. The van der Waals surface area contributed by atoms with E-state index in [-0.39, 0.29) is 12.7 Å². The van der Waals surface area contributed by atoms with Crippen LogP contribution in [-0.2, 0) is 24.4 Å². The van der Waals surface area contributed by atoms with Gasteiger partial charge < -0.3 is 19.4 Å². The number of rotatable bonds is 10. The van der Waals surface area contributed by atoms with Gasteiger partial charge in [0.25, 0.3) is 0 Å². The standard InChI is InChI=1S/C30H28ClFN4O3.C9H11N3/c31-23-6-5-22(25(32)15-23)19-39-30-3-1-2-26(34-30)21-8-11-35(12-9-21)17-29-33-27-7-4-20(18-37)14-28(27)36(29)16-24-10-13-38-24;1-6-8-5-7(10-2)3-4-9(8)12-11-6/h1-8,14-15,18,24H,9-13,16-17,19H2;3-5,10H,1-2H3,(H,11,12). The van der Waals surface area contributed by atoms with Gasteiger partial charge in [-0.2, -0.15) is 5.10 Å². The smallest absolute Gasteiger partial charge is 0.214 e. The van der Waals surface area contributed by atoms with Gasteiger partial charge in [0.2, 0.25) is 5.88 Å². The molecule has 6 aromatic rings. The lowest BCUT2D eigenvalue weighted by Crippen LogP contribution is -2.33. The maximum absolute atomic E-state index is 14.1.